The first kappa shape index (κ1) is 23.1. The second kappa shape index (κ2) is 11.2. The van der Waals surface area contributed by atoms with Crippen LogP contribution in [0.3, 0.4) is 0 Å². The second-order valence-corrected chi connectivity index (χ2v) is 8.19. The van der Waals surface area contributed by atoms with E-state index in [0.29, 0.717) is 31.3 Å². The van der Waals surface area contributed by atoms with E-state index in [2.05, 4.69) is 4.98 Å². The van der Waals surface area contributed by atoms with Crippen molar-refractivity contribution in [1.29, 1.82) is 0 Å². The summed E-state index contributed by atoms with van der Waals surface area (Å²) in [5, 5.41) is 0.467. The minimum atomic E-state index is -0.356. The van der Waals surface area contributed by atoms with Gasteiger partial charge in [-0.25, -0.2) is 14.4 Å². The third-order valence-electron chi connectivity index (χ3n) is 5.18. The highest BCUT2D eigenvalue weighted by atomic mass is 32.2. The quantitative estimate of drug-likeness (QED) is 0.349. The number of thioether (sulfide) groups is 1. The van der Waals surface area contributed by atoms with Gasteiger partial charge in [-0.15, -0.1) is 0 Å². The summed E-state index contributed by atoms with van der Waals surface area (Å²) in [5.41, 5.74) is 2.42. The summed E-state index contributed by atoms with van der Waals surface area (Å²) in [6.45, 7) is 1.65. The Labute approximate surface area is 185 Å². The average molecular weight is 448 g/mol. The number of carbonyl (C=O) groups excluding carboxylic acids is 2. The van der Waals surface area contributed by atoms with Gasteiger partial charge in [0.15, 0.2) is 5.16 Å². The van der Waals surface area contributed by atoms with Crippen molar-refractivity contribution in [2.24, 2.45) is 0 Å². The molecule has 0 N–H and O–H groups in total. The Morgan fingerprint density at radius 2 is 2.03 bits per heavy atom. The largest absolute Gasteiger partial charge is 0.468 e. The zero-order valence-electron chi connectivity index (χ0n) is 17.7. The van der Waals surface area contributed by atoms with Crippen LogP contribution in [0, 0.1) is 5.82 Å². The molecule has 1 aliphatic heterocycles. The Hall–Kier alpha value is -2.52. The number of amides is 1. The summed E-state index contributed by atoms with van der Waals surface area (Å²) in [6.07, 6.45) is 3.79. The Kier molecular flexibility index (Phi) is 8.36. The number of methoxy groups -OCH3 is 2. The maximum Gasteiger partial charge on any atom is 0.316 e. The fourth-order valence-electron chi connectivity index (χ4n) is 3.57. The average Bonchev–Trinajstić information content (AvgIpc) is 2.81. The number of hydrogen-bond acceptors (Lipinski definition) is 7. The van der Waals surface area contributed by atoms with Gasteiger partial charge >= 0.3 is 5.97 Å². The van der Waals surface area contributed by atoms with Gasteiger partial charge in [-0.1, -0.05) is 23.9 Å². The molecular formula is C22H26FN3O4S. The van der Waals surface area contributed by atoms with Crippen LogP contribution in [0.1, 0.15) is 30.9 Å². The standard InChI is InChI=1S/C22H26FN3O4S/c1-29-11-9-19(27)26-10-3-4-16(13-26)21-18(15-5-7-17(23)8-6-15)12-24-22(25-21)31-14-20(28)30-2/h5-8,12,16H,3-4,9-11,13-14H2,1-2H3/t16-/m0/s1. The fourth-order valence-corrected chi connectivity index (χ4v) is 4.22. The van der Waals surface area contributed by atoms with Crippen molar-refractivity contribution >= 4 is 23.6 Å². The van der Waals surface area contributed by atoms with Gasteiger partial charge in [0.2, 0.25) is 5.91 Å². The molecule has 0 radical (unpaired) electrons. The van der Waals surface area contributed by atoms with Gasteiger partial charge in [0.05, 0.1) is 31.6 Å². The van der Waals surface area contributed by atoms with Crippen LogP contribution in [0.2, 0.25) is 0 Å². The van der Waals surface area contributed by atoms with E-state index in [4.69, 9.17) is 14.5 Å². The van der Waals surface area contributed by atoms with Crippen LogP contribution >= 0.6 is 11.8 Å². The summed E-state index contributed by atoms with van der Waals surface area (Å²) in [6, 6.07) is 6.20. The minimum Gasteiger partial charge on any atom is -0.468 e. The van der Waals surface area contributed by atoms with Crippen molar-refractivity contribution in [1.82, 2.24) is 14.9 Å². The van der Waals surface area contributed by atoms with Crippen LogP contribution in [0.5, 0.6) is 0 Å². The van der Waals surface area contributed by atoms with Crippen LogP contribution in [0.4, 0.5) is 4.39 Å². The van der Waals surface area contributed by atoms with Crippen LogP contribution in [0.15, 0.2) is 35.6 Å². The minimum absolute atomic E-state index is 0.0146. The zero-order valence-corrected chi connectivity index (χ0v) is 18.5. The number of piperidine rings is 1. The number of halogens is 1. The maximum atomic E-state index is 13.4. The lowest BCUT2D eigenvalue weighted by Crippen LogP contribution is -2.39. The van der Waals surface area contributed by atoms with E-state index in [-0.39, 0.29) is 29.4 Å². The van der Waals surface area contributed by atoms with Crippen molar-refractivity contribution in [3.8, 4) is 11.1 Å². The van der Waals surface area contributed by atoms with Crippen molar-refractivity contribution in [3.05, 3.63) is 42.0 Å². The first-order valence-corrected chi connectivity index (χ1v) is 11.1. The fraction of sp³-hybridized carbons (Fsp3) is 0.455. The molecule has 2 heterocycles. The number of aromatic nitrogens is 2. The molecule has 1 fully saturated rings. The Balaban J connectivity index is 1.89. The topological polar surface area (TPSA) is 81.6 Å². The molecule has 7 nitrogen and oxygen atoms in total. The van der Waals surface area contributed by atoms with Crippen molar-refractivity contribution < 1.29 is 23.5 Å². The molecule has 1 atom stereocenters. The second-order valence-electron chi connectivity index (χ2n) is 7.24. The highest BCUT2D eigenvalue weighted by molar-refractivity contribution is 7.99. The lowest BCUT2D eigenvalue weighted by atomic mass is 9.90. The molecule has 9 heteroatoms. The number of rotatable bonds is 8. The van der Waals surface area contributed by atoms with Gasteiger partial charge in [-0.05, 0) is 30.5 Å². The molecule has 1 saturated heterocycles. The molecule has 1 aromatic heterocycles. The summed E-state index contributed by atoms with van der Waals surface area (Å²) >= 11 is 1.20. The van der Waals surface area contributed by atoms with E-state index in [0.717, 1.165) is 29.7 Å². The third kappa shape index (κ3) is 6.24. The van der Waals surface area contributed by atoms with Gasteiger partial charge in [-0.2, -0.15) is 0 Å². The molecule has 31 heavy (non-hydrogen) atoms. The number of nitrogens with zero attached hydrogens (tertiary/aromatic N) is 3. The SMILES string of the molecule is COCCC(=O)N1CCC[C@H](c2nc(SCC(=O)OC)ncc2-c2ccc(F)cc2)C1. The summed E-state index contributed by atoms with van der Waals surface area (Å²) in [7, 11) is 2.92. The zero-order chi connectivity index (χ0) is 22.2. The molecule has 3 rings (SSSR count). The Morgan fingerprint density at radius 1 is 1.26 bits per heavy atom. The molecule has 2 aromatic rings. The van der Waals surface area contributed by atoms with E-state index in [1.807, 2.05) is 4.90 Å². The number of likely N-dealkylation sites (tertiary alicyclic amines) is 1. The van der Waals surface area contributed by atoms with Crippen molar-refractivity contribution in [3.63, 3.8) is 0 Å². The van der Waals surface area contributed by atoms with Crippen LogP contribution in [-0.4, -0.2) is 66.4 Å². The molecule has 1 amide bonds. The van der Waals surface area contributed by atoms with Gasteiger partial charge in [0.1, 0.15) is 5.82 Å². The smallest absolute Gasteiger partial charge is 0.316 e. The van der Waals surface area contributed by atoms with E-state index >= 15 is 0 Å². The van der Waals surface area contributed by atoms with Crippen LogP contribution < -0.4 is 0 Å². The number of ether oxygens (including phenoxy) is 2. The molecule has 0 aliphatic carbocycles. The van der Waals surface area contributed by atoms with Crippen LogP contribution in [-0.2, 0) is 19.1 Å². The normalized spacial score (nSPS) is 16.2. The lowest BCUT2D eigenvalue weighted by molar-refractivity contribution is -0.137. The predicted octanol–water partition coefficient (Wildman–Crippen LogP) is 3.29. The van der Waals surface area contributed by atoms with E-state index in [1.54, 1.807) is 25.4 Å². The molecule has 0 bridgehead atoms. The van der Waals surface area contributed by atoms with Gasteiger partial charge in [0.25, 0.3) is 0 Å². The van der Waals surface area contributed by atoms with Gasteiger partial charge < -0.3 is 14.4 Å². The maximum absolute atomic E-state index is 13.4. The van der Waals surface area contributed by atoms with E-state index < -0.39 is 0 Å². The first-order chi connectivity index (χ1) is 15.0. The first-order valence-electron chi connectivity index (χ1n) is 10.1. The van der Waals surface area contributed by atoms with Gasteiger partial charge in [-0.3, -0.25) is 9.59 Å². The van der Waals surface area contributed by atoms with Crippen molar-refractivity contribution in [2.45, 2.75) is 30.3 Å². The molecule has 0 unspecified atom stereocenters. The molecule has 0 saturated carbocycles. The van der Waals surface area contributed by atoms with E-state index in [1.165, 1.54) is 31.0 Å². The van der Waals surface area contributed by atoms with E-state index in [9.17, 15) is 14.0 Å². The number of hydrogen-bond donors (Lipinski definition) is 0. The van der Waals surface area contributed by atoms with Crippen LogP contribution in [0.25, 0.3) is 11.1 Å². The lowest BCUT2D eigenvalue weighted by Gasteiger charge is -2.33. The monoisotopic (exact) mass is 447 g/mol. The molecule has 166 valence electrons. The molecule has 1 aromatic carbocycles. The number of esters is 1. The molecular weight excluding hydrogens is 421 g/mol. The third-order valence-corrected chi connectivity index (χ3v) is 6.01. The number of benzene rings is 1. The summed E-state index contributed by atoms with van der Waals surface area (Å²) in [4.78, 5) is 35.0. The highest BCUT2D eigenvalue weighted by Crippen LogP contribution is 2.34. The summed E-state index contributed by atoms with van der Waals surface area (Å²) < 4.78 is 23.2. The number of carbonyl (C=O) groups is 2. The molecule has 1 aliphatic rings. The highest BCUT2D eigenvalue weighted by Gasteiger charge is 2.28. The Morgan fingerprint density at radius 3 is 2.74 bits per heavy atom. The van der Waals surface area contributed by atoms with Gasteiger partial charge in [0, 0.05) is 37.9 Å². The predicted molar refractivity (Wildman–Crippen MR) is 115 cm³/mol. The summed E-state index contributed by atoms with van der Waals surface area (Å²) in [5.74, 6) is -0.489. The Bertz CT molecular complexity index is 910. The molecule has 0 spiro atoms. The van der Waals surface area contributed by atoms with Crippen molar-refractivity contribution in [2.75, 3.05) is 39.7 Å².